The second-order valence-corrected chi connectivity index (χ2v) is 5.71. The van der Waals surface area contributed by atoms with Crippen molar-refractivity contribution in [2.75, 3.05) is 0 Å². The Hall–Kier alpha value is -2.05. The molecular weight excluding hydrogens is 295 g/mol. The number of nitrogens with zero attached hydrogens (tertiary/aromatic N) is 1. The molecule has 1 heterocycles. The van der Waals surface area contributed by atoms with Crippen molar-refractivity contribution in [3.8, 4) is 0 Å². The molecule has 0 radical (unpaired) electrons. The van der Waals surface area contributed by atoms with Crippen LogP contribution < -0.4 is 5.32 Å². The molecule has 0 spiro atoms. The highest BCUT2D eigenvalue weighted by Gasteiger charge is 2.42. The summed E-state index contributed by atoms with van der Waals surface area (Å²) in [6, 6.07) is 4.56. The van der Waals surface area contributed by atoms with E-state index in [4.69, 9.17) is 0 Å². The molecular formula is C15H16F3N3O. The zero-order chi connectivity index (χ0) is 15.7. The van der Waals surface area contributed by atoms with Crippen LogP contribution in [-0.4, -0.2) is 28.1 Å². The molecule has 0 saturated heterocycles. The SMILES string of the molecule is O=C(N[C@@H]1CCC[C@H](C(F)(F)F)C1)c1ccc2nc[nH]c2c1. The van der Waals surface area contributed by atoms with Crippen molar-refractivity contribution in [2.45, 2.75) is 37.9 Å². The van der Waals surface area contributed by atoms with Gasteiger partial charge < -0.3 is 10.3 Å². The van der Waals surface area contributed by atoms with Gasteiger partial charge in [0.05, 0.1) is 23.3 Å². The molecule has 1 saturated carbocycles. The lowest BCUT2D eigenvalue weighted by molar-refractivity contribution is -0.183. The van der Waals surface area contributed by atoms with E-state index >= 15 is 0 Å². The molecule has 2 atom stereocenters. The maximum absolute atomic E-state index is 12.8. The van der Waals surface area contributed by atoms with Crippen LogP contribution in [0.25, 0.3) is 11.0 Å². The highest BCUT2D eigenvalue weighted by atomic mass is 19.4. The first kappa shape index (κ1) is 14.9. The number of rotatable bonds is 2. The number of halogens is 3. The summed E-state index contributed by atoms with van der Waals surface area (Å²) < 4.78 is 38.4. The van der Waals surface area contributed by atoms with Gasteiger partial charge in [-0.05, 0) is 37.5 Å². The number of benzene rings is 1. The van der Waals surface area contributed by atoms with Gasteiger partial charge in [0.25, 0.3) is 5.91 Å². The lowest BCUT2D eigenvalue weighted by Crippen LogP contribution is -2.41. The quantitative estimate of drug-likeness (QED) is 0.893. The van der Waals surface area contributed by atoms with E-state index in [0.717, 1.165) is 11.0 Å². The molecule has 22 heavy (non-hydrogen) atoms. The number of imidazole rings is 1. The van der Waals surface area contributed by atoms with E-state index in [1.54, 1.807) is 18.2 Å². The zero-order valence-electron chi connectivity index (χ0n) is 11.8. The molecule has 4 nitrogen and oxygen atoms in total. The third-order valence-electron chi connectivity index (χ3n) is 4.15. The Kier molecular flexibility index (Phi) is 3.80. The molecule has 2 N–H and O–H groups in total. The fourth-order valence-corrected chi connectivity index (χ4v) is 2.96. The molecule has 3 rings (SSSR count). The summed E-state index contributed by atoms with van der Waals surface area (Å²) in [5.74, 6) is -1.66. The highest BCUT2D eigenvalue weighted by molar-refractivity contribution is 5.97. The number of carbonyl (C=O) groups is 1. The van der Waals surface area contributed by atoms with Crippen LogP contribution in [0.15, 0.2) is 24.5 Å². The zero-order valence-corrected chi connectivity index (χ0v) is 11.8. The number of fused-ring (bicyclic) bond motifs is 1. The first-order valence-corrected chi connectivity index (χ1v) is 7.24. The van der Waals surface area contributed by atoms with Crippen LogP contribution in [0.3, 0.4) is 0 Å². The topological polar surface area (TPSA) is 57.8 Å². The van der Waals surface area contributed by atoms with Crippen LogP contribution in [0.4, 0.5) is 13.2 Å². The third kappa shape index (κ3) is 3.08. The molecule has 2 aromatic rings. The Balaban J connectivity index is 1.68. The lowest BCUT2D eigenvalue weighted by atomic mass is 9.85. The minimum absolute atomic E-state index is 0.0401. The molecule has 0 aliphatic heterocycles. The van der Waals surface area contributed by atoms with Gasteiger partial charge in [-0.2, -0.15) is 13.2 Å². The normalized spacial score (nSPS) is 22.7. The molecule has 0 unspecified atom stereocenters. The van der Waals surface area contributed by atoms with E-state index < -0.39 is 18.1 Å². The van der Waals surface area contributed by atoms with E-state index in [-0.39, 0.29) is 18.7 Å². The second-order valence-electron chi connectivity index (χ2n) is 5.71. The fraction of sp³-hybridized carbons (Fsp3) is 0.467. The largest absolute Gasteiger partial charge is 0.391 e. The number of alkyl halides is 3. The van der Waals surface area contributed by atoms with Crippen molar-refractivity contribution in [3.63, 3.8) is 0 Å². The smallest absolute Gasteiger partial charge is 0.349 e. The van der Waals surface area contributed by atoms with Crippen molar-refractivity contribution in [3.05, 3.63) is 30.1 Å². The number of nitrogens with one attached hydrogen (secondary N) is 2. The van der Waals surface area contributed by atoms with Crippen molar-refractivity contribution in [1.29, 1.82) is 0 Å². The predicted octanol–water partition coefficient (Wildman–Crippen LogP) is 3.41. The number of aromatic amines is 1. The van der Waals surface area contributed by atoms with Gasteiger partial charge in [-0.3, -0.25) is 4.79 Å². The standard InChI is InChI=1S/C15H16F3N3O/c16-15(17,18)10-2-1-3-11(7-10)21-14(22)9-4-5-12-13(6-9)20-8-19-12/h4-6,8,10-11H,1-3,7H2,(H,19,20)(H,21,22)/t10-,11+/m0/s1. The Morgan fingerprint density at radius 2 is 2.14 bits per heavy atom. The van der Waals surface area contributed by atoms with Crippen LogP contribution in [0.1, 0.15) is 36.0 Å². The van der Waals surface area contributed by atoms with E-state index in [0.29, 0.717) is 18.4 Å². The third-order valence-corrected chi connectivity index (χ3v) is 4.15. The summed E-state index contributed by atoms with van der Waals surface area (Å²) in [5, 5.41) is 2.72. The number of hydrogen-bond donors (Lipinski definition) is 2. The molecule has 1 aliphatic carbocycles. The van der Waals surface area contributed by atoms with Crippen molar-refractivity contribution < 1.29 is 18.0 Å². The van der Waals surface area contributed by atoms with Crippen LogP contribution in [0, 0.1) is 5.92 Å². The highest BCUT2D eigenvalue weighted by Crippen LogP contribution is 2.37. The Labute approximate surface area is 125 Å². The summed E-state index contributed by atoms with van der Waals surface area (Å²) in [6.45, 7) is 0. The second kappa shape index (κ2) is 5.62. The Morgan fingerprint density at radius 1 is 1.32 bits per heavy atom. The van der Waals surface area contributed by atoms with Crippen molar-refractivity contribution in [2.24, 2.45) is 5.92 Å². The van der Waals surface area contributed by atoms with Gasteiger partial charge >= 0.3 is 6.18 Å². The van der Waals surface area contributed by atoms with Crippen LogP contribution >= 0.6 is 0 Å². The lowest BCUT2D eigenvalue weighted by Gasteiger charge is -2.31. The maximum atomic E-state index is 12.8. The van der Waals surface area contributed by atoms with Crippen LogP contribution in [-0.2, 0) is 0 Å². The molecule has 1 aromatic carbocycles. The van der Waals surface area contributed by atoms with Gasteiger partial charge in [0.1, 0.15) is 0 Å². The van der Waals surface area contributed by atoms with E-state index in [1.807, 2.05) is 0 Å². The molecule has 0 bridgehead atoms. The average Bonchev–Trinajstić information content (AvgIpc) is 2.94. The molecule has 1 amide bonds. The van der Waals surface area contributed by atoms with Gasteiger partial charge in [-0.25, -0.2) is 4.98 Å². The molecule has 1 aliphatic rings. The summed E-state index contributed by atoms with van der Waals surface area (Å²) in [5.41, 5.74) is 1.89. The van der Waals surface area contributed by atoms with Gasteiger partial charge in [0.2, 0.25) is 0 Å². The molecule has 7 heteroatoms. The molecule has 1 aromatic heterocycles. The van der Waals surface area contributed by atoms with E-state index in [2.05, 4.69) is 15.3 Å². The molecule has 118 valence electrons. The number of carbonyl (C=O) groups excluding carboxylic acids is 1. The number of hydrogen-bond acceptors (Lipinski definition) is 2. The summed E-state index contributed by atoms with van der Waals surface area (Å²) in [4.78, 5) is 19.2. The summed E-state index contributed by atoms with van der Waals surface area (Å²) >= 11 is 0. The van der Waals surface area contributed by atoms with Crippen molar-refractivity contribution >= 4 is 16.9 Å². The van der Waals surface area contributed by atoms with Crippen molar-refractivity contribution in [1.82, 2.24) is 15.3 Å². The first-order chi connectivity index (χ1) is 10.4. The van der Waals surface area contributed by atoms with Gasteiger partial charge in [-0.15, -0.1) is 0 Å². The van der Waals surface area contributed by atoms with E-state index in [9.17, 15) is 18.0 Å². The predicted molar refractivity (Wildman–Crippen MR) is 75.4 cm³/mol. The fourth-order valence-electron chi connectivity index (χ4n) is 2.96. The number of H-pyrrole nitrogens is 1. The minimum atomic E-state index is -4.18. The minimum Gasteiger partial charge on any atom is -0.349 e. The Bertz CT molecular complexity index is 680. The van der Waals surface area contributed by atoms with Crippen LogP contribution in [0.5, 0.6) is 0 Å². The van der Waals surface area contributed by atoms with Gasteiger partial charge in [0, 0.05) is 11.6 Å². The number of aromatic nitrogens is 2. The maximum Gasteiger partial charge on any atom is 0.391 e. The molecule has 1 fully saturated rings. The first-order valence-electron chi connectivity index (χ1n) is 7.24. The Morgan fingerprint density at radius 3 is 2.91 bits per heavy atom. The average molecular weight is 311 g/mol. The van der Waals surface area contributed by atoms with Gasteiger partial charge in [0.15, 0.2) is 0 Å². The monoisotopic (exact) mass is 311 g/mol. The summed E-state index contributed by atoms with van der Waals surface area (Å²) in [6.07, 6.45) is -1.48. The van der Waals surface area contributed by atoms with Gasteiger partial charge in [-0.1, -0.05) is 6.42 Å². The summed E-state index contributed by atoms with van der Waals surface area (Å²) in [7, 11) is 0. The number of amides is 1. The van der Waals surface area contributed by atoms with E-state index in [1.165, 1.54) is 6.33 Å². The van der Waals surface area contributed by atoms with Crippen LogP contribution in [0.2, 0.25) is 0 Å².